The number of carbonyl (C=O) groups excluding carboxylic acids is 1. The van der Waals surface area contributed by atoms with Gasteiger partial charge in [-0.3, -0.25) is 4.79 Å². The average molecular weight is 337 g/mol. The maximum absolute atomic E-state index is 13.0. The third-order valence-electron chi connectivity index (χ3n) is 5.08. The van der Waals surface area contributed by atoms with Gasteiger partial charge in [0.1, 0.15) is 11.5 Å². The lowest BCUT2D eigenvalue weighted by atomic mass is 10.1. The minimum Gasteiger partial charge on any atom is -0.445 e. The number of hydrogen-bond acceptors (Lipinski definition) is 3. The maximum Gasteiger partial charge on any atom is 0.254 e. The number of H-pyrrole nitrogens is 1. The van der Waals surface area contributed by atoms with Crippen molar-refractivity contribution in [1.29, 1.82) is 0 Å². The SMILES string of the molecule is Cc1[nH]c2ccc(C(=O)N3CCc4oc(C(C)C)nc4C3)cc2c1C. The first-order valence-electron chi connectivity index (χ1n) is 8.80. The van der Waals surface area contributed by atoms with Crippen molar-refractivity contribution in [3.63, 3.8) is 0 Å². The third-order valence-corrected chi connectivity index (χ3v) is 5.08. The molecule has 0 fully saturated rings. The van der Waals surface area contributed by atoms with Crippen LogP contribution in [0.5, 0.6) is 0 Å². The summed E-state index contributed by atoms with van der Waals surface area (Å²) in [7, 11) is 0. The number of nitrogens with one attached hydrogen (secondary N) is 1. The molecule has 130 valence electrons. The van der Waals surface area contributed by atoms with Crippen LogP contribution in [0, 0.1) is 13.8 Å². The van der Waals surface area contributed by atoms with E-state index in [-0.39, 0.29) is 11.8 Å². The highest BCUT2D eigenvalue weighted by atomic mass is 16.4. The zero-order valence-electron chi connectivity index (χ0n) is 15.1. The summed E-state index contributed by atoms with van der Waals surface area (Å²) in [6.45, 7) is 9.46. The van der Waals surface area contributed by atoms with Gasteiger partial charge in [-0.05, 0) is 37.6 Å². The molecule has 1 aromatic carbocycles. The highest BCUT2D eigenvalue weighted by molar-refractivity contribution is 5.99. The molecule has 1 amide bonds. The topological polar surface area (TPSA) is 62.1 Å². The number of rotatable bonds is 2. The van der Waals surface area contributed by atoms with E-state index in [9.17, 15) is 4.79 Å². The average Bonchev–Trinajstić information content (AvgIpc) is 3.15. The summed E-state index contributed by atoms with van der Waals surface area (Å²) < 4.78 is 5.82. The first-order chi connectivity index (χ1) is 11.9. The Kier molecular flexibility index (Phi) is 3.67. The van der Waals surface area contributed by atoms with Gasteiger partial charge in [-0.15, -0.1) is 0 Å². The lowest BCUT2D eigenvalue weighted by Gasteiger charge is -2.25. The van der Waals surface area contributed by atoms with E-state index in [4.69, 9.17) is 4.42 Å². The van der Waals surface area contributed by atoms with E-state index in [2.05, 4.69) is 37.7 Å². The molecule has 0 saturated carbocycles. The van der Waals surface area contributed by atoms with Gasteiger partial charge in [0.25, 0.3) is 5.91 Å². The van der Waals surface area contributed by atoms with Gasteiger partial charge in [-0.25, -0.2) is 4.98 Å². The predicted octanol–water partition coefficient (Wildman–Crippen LogP) is 4.09. The number of hydrogen-bond donors (Lipinski definition) is 1. The Morgan fingerprint density at radius 1 is 1.32 bits per heavy atom. The van der Waals surface area contributed by atoms with Gasteiger partial charge in [0, 0.05) is 41.0 Å². The second-order valence-corrected chi connectivity index (χ2v) is 7.19. The zero-order valence-corrected chi connectivity index (χ0v) is 15.1. The van der Waals surface area contributed by atoms with Gasteiger partial charge < -0.3 is 14.3 Å². The van der Waals surface area contributed by atoms with Crippen LogP contribution in [0.1, 0.15) is 58.7 Å². The molecule has 0 saturated heterocycles. The van der Waals surface area contributed by atoms with Crippen LogP contribution < -0.4 is 0 Å². The number of aromatic nitrogens is 2. The number of benzene rings is 1. The van der Waals surface area contributed by atoms with Crippen molar-refractivity contribution in [1.82, 2.24) is 14.9 Å². The predicted molar refractivity (Wildman–Crippen MR) is 96.8 cm³/mol. The van der Waals surface area contributed by atoms with Gasteiger partial charge in [-0.2, -0.15) is 0 Å². The van der Waals surface area contributed by atoms with Crippen molar-refractivity contribution in [3.05, 3.63) is 52.4 Å². The molecule has 5 heteroatoms. The van der Waals surface area contributed by atoms with E-state index < -0.39 is 0 Å². The molecular weight excluding hydrogens is 314 g/mol. The maximum atomic E-state index is 13.0. The molecule has 0 aliphatic carbocycles. The number of amides is 1. The number of fused-ring (bicyclic) bond motifs is 2. The van der Waals surface area contributed by atoms with Crippen LogP contribution in [0.3, 0.4) is 0 Å². The van der Waals surface area contributed by atoms with Gasteiger partial charge >= 0.3 is 0 Å². The first-order valence-corrected chi connectivity index (χ1v) is 8.80. The highest BCUT2D eigenvalue weighted by Crippen LogP contribution is 2.26. The van der Waals surface area contributed by atoms with E-state index >= 15 is 0 Å². The molecule has 0 atom stereocenters. The lowest BCUT2D eigenvalue weighted by molar-refractivity contribution is 0.0728. The van der Waals surface area contributed by atoms with Crippen molar-refractivity contribution in [2.75, 3.05) is 6.54 Å². The molecule has 0 spiro atoms. The fraction of sp³-hybridized carbons (Fsp3) is 0.400. The standard InChI is InChI=1S/C20H23N3O2/c1-11(2)19-22-17-10-23(8-7-18(17)25-19)20(24)14-5-6-16-15(9-14)12(3)13(4)21-16/h5-6,9,11,21H,7-8,10H2,1-4H3. The number of aromatic amines is 1. The van der Waals surface area contributed by atoms with Crippen LogP contribution in [-0.4, -0.2) is 27.3 Å². The molecular formula is C20H23N3O2. The molecule has 1 aliphatic heterocycles. The molecule has 1 N–H and O–H groups in total. The Labute approximate surface area is 147 Å². The summed E-state index contributed by atoms with van der Waals surface area (Å²) in [5.74, 6) is 2.01. The minimum atomic E-state index is 0.0555. The second-order valence-electron chi connectivity index (χ2n) is 7.19. The summed E-state index contributed by atoms with van der Waals surface area (Å²) in [5.41, 5.74) is 5.05. The Hall–Kier alpha value is -2.56. The van der Waals surface area contributed by atoms with Gasteiger partial charge in [0.2, 0.25) is 0 Å². The zero-order chi connectivity index (χ0) is 17.7. The molecule has 5 nitrogen and oxygen atoms in total. The normalized spacial score (nSPS) is 14.4. The third kappa shape index (κ3) is 2.64. The number of nitrogens with zero attached hydrogens (tertiary/aromatic N) is 2. The van der Waals surface area contributed by atoms with E-state index in [1.165, 1.54) is 5.56 Å². The molecule has 0 radical (unpaired) electrons. The van der Waals surface area contributed by atoms with E-state index in [0.717, 1.165) is 45.9 Å². The van der Waals surface area contributed by atoms with E-state index in [1.54, 1.807) is 0 Å². The van der Waals surface area contributed by atoms with Crippen LogP contribution in [0.25, 0.3) is 10.9 Å². The fourth-order valence-corrected chi connectivity index (χ4v) is 3.42. The number of carbonyl (C=O) groups is 1. The van der Waals surface area contributed by atoms with E-state index in [0.29, 0.717) is 13.1 Å². The van der Waals surface area contributed by atoms with Gasteiger partial charge in [0.05, 0.1) is 6.54 Å². The van der Waals surface area contributed by atoms with Crippen LogP contribution in [-0.2, 0) is 13.0 Å². The summed E-state index contributed by atoms with van der Waals surface area (Å²) in [6, 6.07) is 5.89. The molecule has 4 rings (SSSR count). The van der Waals surface area contributed by atoms with Crippen molar-refractivity contribution in [2.45, 2.75) is 46.6 Å². The quantitative estimate of drug-likeness (QED) is 0.766. The largest absolute Gasteiger partial charge is 0.445 e. The van der Waals surface area contributed by atoms with Crippen molar-refractivity contribution in [2.24, 2.45) is 0 Å². The summed E-state index contributed by atoms with van der Waals surface area (Å²) >= 11 is 0. The van der Waals surface area contributed by atoms with Crippen LogP contribution in [0.2, 0.25) is 0 Å². The Bertz CT molecular complexity index is 965. The van der Waals surface area contributed by atoms with Crippen LogP contribution in [0.4, 0.5) is 0 Å². The smallest absolute Gasteiger partial charge is 0.254 e. The molecule has 3 heterocycles. The van der Waals surface area contributed by atoms with Crippen LogP contribution in [0.15, 0.2) is 22.6 Å². The first kappa shape index (κ1) is 15.9. The molecule has 3 aromatic rings. The summed E-state index contributed by atoms with van der Waals surface area (Å²) in [6.07, 6.45) is 0.728. The van der Waals surface area contributed by atoms with Gasteiger partial charge in [-0.1, -0.05) is 13.8 Å². The molecule has 1 aliphatic rings. The number of oxazole rings is 1. The Balaban J connectivity index is 1.62. The molecule has 0 unspecified atom stereocenters. The highest BCUT2D eigenvalue weighted by Gasteiger charge is 2.27. The minimum absolute atomic E-state index is 0.0555. The number of aryl methyl sites for hydroxylation is 2. The summed E-state index contributed by atoms with van der Waals surface area (Å²) in [4.78, 5) is 22.8. The fourth-order valence-electron chi connectivity index (χ4n) is 3.42. The molecule has 2 aromatic heterocycles. The summed E-state index contributed by atoms with van der Waals surface area (Å²) in [5, 5.41) is 1.12. The van der Waals surface area contributed by atoms with Crippen molar-refractivity contribution >= 4 is 16.8 Å². The molecule has 25 heavy (non-hydrogen) atoms. The van der Waals surface area contributed by atoms with Gasteiger partial charge in [0.15, 0.2) is 5.89 Å². The van der Waals surface area contributed by atoms with Crippen LogP contribution >= 0.6 is 0 Å². The van der Waals surface area contributed by atoms with E-state index in [1.807, 2.05) is 23.1 Å². The Morgan fingerprint density at radius 3 is 2.88 bits per heavy atom. The Morgan fingerprint density at radius 2 is 2.12 bits per heavy atom. The van der Waals surface area contributed by atoms with Crippen molar-refractivity contribution in [3.8, 4) is 0 Å². The van der Waals surface area contributed by atoms with Crippen molar-refractivity contribution < 1.29 is 9.21 Å². The second kappa shape index (κ2) is 5.76. The lowest BCUT2D eigenvalue weighted by Crippen LogP contribution is -2.35. The monoisotopic (exact) mass is 337 g/mol. The molecule has 0 bridgehead atoms.